The van der Waals surface area contributed by atoms with Gasteiger partial charge in [-0.25, -0.2) is 0 Å². The van der Waals surface area contributed by atoms with Gasteiger partial charge in [0, 0.05) is 10.4 Å². The summed E-state index contributed by atoms with van der Waals surface area (Å²) in [5.41, 5.74) is 0.877. The summed E-state index contributed by atoms with van der Waals surface area (Å²) in [5.74, 6) is -0.565. The van der Waals surface area contributed by atoms with Crippen molar-refractivity contribution >= 4 is 27.8 Å². The number of ether oxygens (including phenoxy) is 1. The van der Waals surface area contributed by atoms with E-state index in [1.54, 1.807) is 0 Å². The first kappa shape index (κ1) is 15.7. The molecule has 4 nitrogen and oxygen atoms in total. The van der Waals surface area contributed by atoms with Gasteiger partial charge in [0.05, 0.1) is 19.6 Å². The van der Waals surface area contributed by atoms with Gasteiger partial charge in [0.1, 0.15) is 0 Å². The van der Waals surface area contributed by atoms with Crippen molar-refractivity contribution in [2.45, 2.75) is 26.3 Å². The van der Waals surface area contributed by atoms with E-state index in [4.69, 9.17) is 0 Å². The van der Waals surface area contributed by atoms with Gasteiger partial charge in [0.25, 0.3) is 0 Å². The van der Waals surface area contributed by atoms with Crippen molar-refractivity contribution < 1.29 is 14.3 Å². The van der Waals surface area contributed by atoms with Crippen LogP contribution in [0.15, 0.2) is 28.7 Å². The first-order chi connectivity index (χ1) is 8.93. The topological polar surface area (TPSA) is 55.4 Å². The van der Waals surface area contributed by atoms with Crippen molar-refractivity contribution in [2.24, 2.45) is 5.92 Å². The molecule has 0 bridgehead atoms. The Labute approximate surface area is 121 Å². The molecule has 0 radical (unpaired) electrons. The van der Waals surface area contributed by atoms with Crippen LogP contribution in [0.1, 0.15) is 31.9 Å². The van der Waals surface area contributed by atoms with Gasteiger partial charge in [0.15, 0.2) is 0 Å². The summed E-state index contributed by atoms with van der Waals surface area (Å²) in [6, 6.07) is 7.13. The fourth-order valence-electron chi connectivity index (χ4n) is 1.54. The summed E-state index contributed by atoms with van der Waals surface area (Å²) in [6.45, 7) is 3.62. The number of hydrogen-bond donors (Lipinski definition) is 1. The molecule has 1 aromatic carbocycles. The van der Waals surface area contributed by atoms with Crippen LogP contribution in [0.5, 0.6) is 0 Å². The highest BCUT2D eigenvalue weighted by Gasteiger charge is 2.20. The number of carbonyl (C=O) groups excluding carboxylic acids is 2. The Morgan fingerprint density at radius 1 is 1.26 bits per heavy atom. The van der Waals surface area contributed by atoms with E-state index in [2.05, 4.69) is 26.0 Å². The molecule has 0 fully saturated rings. The fraction of sp³-hybridized carbons (Fsp3) is 0.429. The van der Waals surface area contributed by atoms with Crippen LogP contribution in [0.3, 0.4) is 0 Å². The molecule has 5 heteroatoms. The van der Waals surface area contributed by atoms with Crippen molar-refractivity contribution in [3.05, 3.63) is 34.3 Å². The Morgan fingerprint density at radius 3 is 2.32 bits per heavy atom. The maximum absolute atomic E-state index is 11.8. The number of hydrogen-bond acceptors (Lipinski definition) is 3. The van der Waals surface area contributed by atoms with Crippen LogP contribution in [0.25, 0.3) is 0 Å². The number of esters is 1. The number of benzene rings is 1. The predicted molar refractivity (Wildman–Crippen MR) is 76.5 cm³/mol. The molecule has 0 aliphatic carbocycles. The minimum Gasteiger partial charge on any atom is -0.469 e. The second kappa shape index (κ2) is 7.28. The number of carbonyl (C=O) groups is 2. The minimum atomic E-state index is -0.365. The molecule has 1 rings (SSSR count). The zero-order chi connectivity index (χ0) is 14.4. The lowest BCUT2D eigenvalue weighted by atomic mass is 10.0. The summed E-state index contributed by atoms with van der Waals surface area (Å²) in [6.07, 6.45) is 0.122. The van der Waals surface area contributed by atoms with Crippen molar-refractivity contribution in [3.63, 3.8) is 0 Å². The monoisotopic (exact) mass is 327 g/mol. The SMILES string of the molecule is COC(=O)CC(NC(=O)C(C)C)c1ccc(Br)cc1. The summed E-state index contributed by atoms with van der Waals surface area (Å²) in [4.78, 5) is 23.2. The molecule has 19 heavy (non-hydrogen) atoms. The molecule has 1 N–H and O–H groups in total. The van der Waals surface area contributed by atoms with Gasteiger partial charge in [-0.3, -0.25) is 9.59 Å². The highest BCUT2D eigenvalue weighted by atomic mass is 79.9. The van der Waals surface area contributed by atoms with E-state index in [9.17, 15) is 9.59 Å². The number of methoxy groups -OCH3 is 1. The predicted octanol–water partition coefficient (Wildman–Crippen LogP) is 2.83. The molecule has 1 atom stereocenters. The molecule has 0 aliphatic rings. The molecule has 0 aliphatic heterocycles. The molecular formula is C14H18BrNO3. The lowest BCUT2D eigenvalue weighted by Gasteiger charge is -2.19. The standard InChI is InChI=1S/C14H18BrNO3/c1-9(2)14(18)16-12(8-13(17)19-3)10-4-6-11(15)7-5-10/h4-7,9,12H,8H2,1-3H3,(H,16,18). The number of halogens is 1. The van der Waals surface area contributed by atoms with Crippen LogP contribution in [0, 0.1) is 5.92 Å². The maximum Gasteiger partial charge on any atom is 0.307 e. The third-order valence-corrected chi connectivity index (χ3v) is 3.24. The van der Waals surface area contributed by atoms with Crippen LogP contribution in [0.2, 0.25) is 0 Å². The Hall–Kier alpha value is -1.36. The first-order valence-corrected chi connectivity index (χ1v) is 6.86. The third kappa shape index (κ3) is 5.03. The molecule has 0 heterocycles. The van der Waals surface area contributed by atoms with Gasteiger partial charge in [-0.15, -0.1) is 0 Å². The van der Waals surface area contributed by atoms with E-state index in [0.29, 0.717) is 0 Å². The molecular weight excluding hydrogens is 310 g/mol. The molecule has 1 unspecified atom stereocenters. The Morgan fingerprint density at radius 2 is 1.84 bits per heavy atom. The van der Waals surface area contributed by atoms with E-state index in [0.717, 1.165) is 10.0 Å². The Bertz CT molecular complexity index is 443. The quantitative estimate of drug-likeness (QED) is 0.846. The summed E-state index contributed by atoms with van der Waals surface area (Å²) in [7, 11) is 1.34. The molecule has 1 aromatic rings. The van der Waals surface area contributed by atoms with Crippen LogP contribution in [-0.2, 0) is 14.3 Å². The highest BCUT2D eigenvalue weighted by molar-refractivity contribution is 9.10. The largest absolute Gasteiger partial charge is 0.469 e. The van der Waals surface area contributed by atoms with Crippen molar-refractivity contribution in [1.29, 1.82) is 0 Å². The van der Waals surface area contributed by atoms with Crippen molar-refractivity contribution in [1.82, 2.24) is 5.32 Å². The lowest BCUT2D eigenvalue weighted by molar-refractivity contribution is -0.141. The van der Waals surface area contributed by atoms with Gasteiger partial charge in [0.2, 0.25) is 5.91 Å². The summed E-state index contributed by atoms with van der Waals surface area (Å²) in [5, 5.41) is 2.86. The molecule has 0 saturated carbocycles. The number of nitrogens with one attached hydrogen (secondary N) is 1. The average Bonchev–Trinajstić information content (AvgIpc) is 2.38. The van der Waals surface area contributed by atoms with Crippen LogP contribution >= 0.6 is 15.9 Å². The van der Waals surface area contributed by atoms with E-state index < -0.39 is 0 Å². The average molecular weight is 328 g/mol. The van der Waals surface area contributed by atoms with E-state index in [1.807, 2.05) is 38.1 Å². The summed E-state index contributed by atoms with van der Waals surface area (Å²) >= 11 is 3.35. The van der Waals surface area contributed by atoms with Gasteiger partial charge >= 0.3 is 5.97 Å². The zero-order valence-corrected chi connectivity index (χ0v) is 12.9. The van der Waals surface area contributed by atoms with Crippen LogP contribution in [0.4, 0.5) is 0 Å². The highest BCUT2D eigenvalue weighted by Crippen LogP contribution is 2.20. The van der Waals surface area contributed by atoms with Crippen LogP contribution in [-0.4, -0.2) is 19.0 Å². The normalized spacial score (nSPS) is 12.1. The fourth-order valence-corrected chi connectivity index (χ4v) is 1.80. The number of rotatable bonds is 5. The van der Waals surface area contributed by atoms with Gasteiger partial charge in [-0.2, -0.15) is 0 Å². The van der Waals surface area contributed by atoms with Crippen molar-refractivity contribution in [3.8, 4) is 0 Å². The molecule has 0 saturated heterocycles. The Balaban J connectivity index is 2.88. The van der Waals surface area contributed by atoms with Gasteiger partial charge in [-0.05, 0) is 17.7 Å². The zero-order valence-electron chi connectivity index (χ0n) is 11.3. The second-order valence-corrected chi connectivity index (χ2v) is 5.46. The van der Waals surface area contributed by atoms with E-state index >= 15 is 0 Å². The smallest absolute Gasteiger partial charge is 0.307 e. The first-order valence-electron chi connectivity index (χ1n) is 6.06. The molecule has 104 valence electrons. The molecule has 0 spiro atoms. The second-order valence-electron chi connectivity index (χ2n) is 4.55. The summed E-state index contributed by atoms with van der Waals surface area (Å²) < 4.78 is 5.62. The van der Waals surface area contributed by atoms with Crippen molar-refractivity contribution in [2.75, 3.05) is 7.11 Å². The third-order valence-electron chi connectivity index (χ3n) is 2.71. The minimum absolute atomic E-state index is 0.0863. The van der Waals surface area contributed by atoms with Gasteiger partial charge in [-0.1, -0.05) is 41.9 Å². The maximum atomic E-state index is 11.8. The Kier molecular flexibility index (Phi) is 6.02. The number of amides is 1. The van der Waals surface area contributed by atoms with Crippen LogP contribution < -0.4 is 5.32 Å². The lowest BCUT2D eigenvalue weighted by Crippen LogP contribution is -2.33. The molecule has 0 aromatic heterocycles. The van der Waals surface area contributed by atoms with E-state index in [-0.39, 0.29) is 30.3 Å². The molecule has 1 amide bonds. The van der Waals surface area contributed by atoms with E-state index in [1.165, 1.54) is 7.11 Å². The van der Waals surface area contributed by atoms with Gasteiger partial charge < -0.3 is 10.1 Å².